The second-order valence-corrected chi connectivity index (χ2v) is 7.58. The van der Waals surface area contributed by atoms with Crippen molar-refractivity contribution >= 4 is 40.0 Å². The number of fused-ring (bicyclic) bond motifs is 1. The van der Waals surface area contributed by atoms with E-state index in [0.717, 1.165) is 22.6 Å². The third kappa shape index (κ3) is 4.14. The van der Waals surface area contributed by atoms with Crippen LogP contribution in [-0.2, 0) is 23.6 Å². The number of imidazole rings is 1. The van der Waals surface area contributed by atoms with Gasteiger partial charge in [0.15, 0.2) is 0 Å². The molecular formula is C19H21N3OS2. The van der Waals surface area contributed by atoms with Gasteiger partial charge in [0.25, 0.3) is 0 Å². The molecule has 0 aliphatic carbocycles. The minimum absolute atomic E-state index is 0.0822. The van der Waals surface area contributed by atoms with E-state index in [2.05, 4.69) is 17.6 Å². The molecule has 2 aromatic heterocycles. The molecule has 130 valence electrons. The molecule has 0 atom stereocenters. The number of rotatable bonds is 8. The third-order valence-corrected chi connectivity index (χ3v) is 5.34. The van der Waals surface area contributed by atoms with Crippen LogP contribution < -0.4 is 0 Å². The maximum atomic E-state index is 13.0. The number of thioether (sulfide) groups is 1. The number of aromatic nitrogens is 2. The van der Waals surface area contributed by atoms with E-state index < -0.39 is 0 Å². The quantitative estimate of drug-likeness (QED) is 0.558. The van der Waals surface area contributed by atoms with Crippen LogP contribution in [0.25, 0.3) is 11.0 Å². The zero-order valence-corrected chi connectivity index (χ0v) is 15.9. The van der Waals surface area contributed by atoms with Crippen LogP contribution in [0.5, 0.6) is 0 Å². The maximum absolute atomic E-state index is 13.0. The summed E-state index contributed by atoms with van der Waals surface area (Å²) in [5, 5.41) is 2.03. The molecule has 0 aliphatic heterocycles. The van der Waals surface area contributed by atoms with E-state index >= 15 is 0 Å². The fraction of sp³-hybridized carbons (Fsp3) is 0.263. The molecule has 0 saturated carbocycles. The lowest BCUT2D eigenvalue weighted by atomic mass is 10.3. The molecule has 0 fully saturated rings. The highest BCUT2D eigenvalue weighted by Crippen LogP contribution is 2.20. The lowest BCUT2D eigenvalue weighted by Crippen LogP contribution is -2.33. The van der Waals surface area contributed by atoms with Crippen molar-refractivity contribution in [3.63, 3.8) is 0 Å². The Morgan fingerprint density at radius 3 is 2.92 bits per heavy atom. The predicted octanol–water partition coefficient (Wildman–Crippen LogP) is 4.18. The number of thiophene rings is 1. The van der Waals surface area contributed by atoms with Gasteiger partial charge in [-0.25, -0.2) is 4.98 Å². The fourth-order valence-corrected chi connectivity index (χ4v) is 3.98. The minimum Gasteiger partial charge on any atom is -0.332 e. The van der Waals surface area contributed by atoms with Gasteiger partial charge in [-0.1, -0.05) is 24.3 Å². The van der Waals surface area contributed by atoms with Crippen molar-refractivity contribution in [2.75, 3.05) is 12.8 Å². The van der Waals surface area contributed by atoms with Crippen LogP contribution in [0.15, 0.2) is 54.4 Å². The molecule has 3 aromatic rings. The fourth-order valence-electron chi connectivity index (χ4n) is 2.78. The van der Waals surface area contributed by atoms with E-state index in [1.165, 1.54) is 4.88 Å². The SMILES string of the molecule is C=CCN(Cc1cccs1)C(=O)Cn1c(CSC)nc2ccccc21. The Balaban J connectivity index is 1.86. The van der Waals surface area contributed by atoms with Gasteiger partial charge in [-0.2, -0.15) is 11.8 Å². The highest BCUT2D eigenvalue weighted by Gasteiger charge is 2.18. The molecule has 0 saturated heterocycles. The Kier molecular flexibility index (Phi) is 5.94. The summed E-state index contributed by atoms with van der Waals surface area (Å²) in [6, 6.07) is 12.0. The van der Waals surface area contributed by atoms with Gasteiger partial charge in [0, 0.05) is 11.4 Å². The van der Waals surface area contributed by atoms with E-state index in [-0.39, 0.29) is 5.91 Å². The van der Waals surface area contributed by atoms with Crippen LogP contribution in [-0.4, -0.2) is 33.2 Å². The molecule has 0 spiro atoms. The number of carbonyl (C=O) groups is 1. The molecule has 0 radical (unpaired) electrons. The lowest BCUT2D eigenvalue weighted by molar-refractivity contribution is -0.131. The summed E-state index contributed by atoms with van der Waals surface area (Å²) >= 11 is 3.38. The first-order chi connectivity index (χ1) is 12.2. The van der Waals surface area contributed by atoms with E-state index in [1.807, 2.05) is 51.4 Å². The Hall–Kier alpha value is -2.05. The smallest absolute Gasteiger partial charge is 0.243 e. The molecule has 0 bridgehead atoms. The van der Waals surface area contributed by atoms with Gasteiger partial charge in [-0.05, 0) is 29.8 Å². The first-order valence-corrected chi connectivity index (χ1v) is 10.3. The predicted molar refractivity (Wildman–Crippen MR) is 107 cm³/mol. The molecule has 0 unspecified atom stereocenters. The van der Waals surface area contributed by atoms with Crippen molar-refractivity contribution in [3.05, 3.63) is 65.1 Å². The average Bonchev–Trinajstić information content (AvgIpc) is 3.23. The molecule has 6 heteroatoms. The van der Waals surface area contributed by atoms with Crippen molar-refractivity contribution in [2.45, 2.75) is 18.8 Å². The number of benzene rings is 1. The summed E-state index contributed by atoms with van der Waals surface area (Å²) in [5.41, 5.74) is 1.95. The van der Waals surface area contributed by atoms with Crippen LogP contribution in [0.3, 0.4) is 0 Å². The topological polar surface area (TPSA) is 38.1 Å². The number of hydrogen-bond donors (Lipinski definition) is 0. The van der Waals surface area contributed by atoms with Gasteiger partial charge in [0.1, 0.15) is 12.4 Å². The summed E-state index contributed by atoms with van der Waals surface area (Å²) in [6.07, 6.45) is 3.83. The maximum Gasteiger partial charge on any atom is 0.243 e. The minimum atomic E-state index is 0.0822. The summed E-state index contributed by atoms with van der Waals surface area (Å²) in [4.78, 5) is 20.7. The molecule has 25 heavy (non-hydrogen) atoms. The highest BCUT2D eigenvalue weighted by molar-refractivity contribution is 7.97. The largest absolute Gasteiger partial charge is 0.332 e. The zero-order valence-electron chi connectivity index (χ0n) is 14.2. The van der Waals surface area contributed by atoms with Crippen LogP contribution >= 0.6 is 23.1 Å². The zero-order chi connectivity index (χ0) is 17.6. The van der Waals surface area contributed by atoms with E-state index in [1.54, 1.807) is 29.2 Å². The Morgan fingerprint density at radius 1 is 1.36 bits per heavy atom. The van der Waals surface area contributed by atoms with Gasteiger partial charge in [0.2, 0.25) is 5.91 Å². The normalized spacial score (nSPS) is 10.9. The summed E-state index contributed by atoms with van der Waals surface area (Å²) < 4.78 is 2.04. The van der Waals surface area contributed by atoms with Gasteiger partial charge in [-0.15, -0.1) is 17.9 Å². The monoisotopic (exact) mass is 371 g/mol. The van der Waals surface area contributed by atoms with Crippen LogP contribution in [0.2, 0.25) is 0 Å². The van der Waals surface area contributed by atoms with Crippen LogP contribution in [0, 0.1) is 0 Å². The number of carbonyl (C=O) groups excluding carboxylic acids is 1. The molecule has 1 aromatic carbocycles. The Morgan fingerprint density at radius 2 is 2.20 bits per heavy atom. The van der Waals surface area contributed by atoms with Crippen molar-refractivity contribution in [1.29, 1.82) is 0 Å². The third-order valence-electron chi connectivity index (χ3n) is 3.93. The van der Waals surface area contributed by atoms with Crippen molar-refractivity contribution in [2.24, 2.45) is 0 Å². The van der Waals surface area contributed by atoms with Crippen molar-refractivity contribution in [3.8, 4) is 0 Å². The van der Waals surface area contributed by atoms with Gasteiger partial charge < -0.3 is 9.47 Å². The lowest BCUT2D eigenvalue weighted by Gasteiger charge is -2.21. The second kappa shape index (κ2) is 8.36. The van der Waals surface area contributed by atoms with Gasteiger partial charge in [0.05, 0.1) is 23.3 Å². The van der Waals surface area contributed by atoms with E-state index in [9.17, 15) is 4.79 Å². The molecule has 1 amide bonds. The highest BCUT2D eigenvalue weighted by atomic mass is 32.2. The van der Waals surface area contributed by atoms with Crippen molar-refractivity contribution < 1.29 is 4.79 Å². The summed E-state index contributed by atoms with van der Waals surface area (Å²) in [5.74, 6) is 1.81. The average molecular weight is 372 g/mol. The molecule has 3 rings (SSSR count). The molecule has 0 aliphatic rings. The van der Waals surface area contributed by atoms with Gasteiger partial charge >= 0.3 is 0 Å². The molecular weight excluding hydrogens is 350 g/mol. The molecule has 0 N–H and O–H groups in total. The first-order valence-electron chi connectivity index (χ1n) is 8.07. The number of para-hydroxylation sites is 2. The number of nitrogens with zero attached hydrogens (tertiary/aromatic N) is 3. The Bertz CT molecular complexity index is 855. The van der Waals surface area contributed by atoms with E-state index in [0.29, 0.717) is 19.6 Å². The number of amides is 1. The molecule has 4 nitrogen and oxygen atoms in total. The van der Waals surface area contributed by atoms with Gasteiger partial charge in [-0.3, -0.25) is 4.79 Å². The van der Waals surface area contributed by atoms with Crippen molar-refractivity contribution in [1.82, 2.24) is 14.5 Å². The van der Waals surface area contributed by atoms with Crippen LogP contribution in [0.1, 0.15) is 10.7 Å². The summed E-state index contributed by atoms with van der Waals surface area (Å²) in [6.45, 7) is 5.26. The first kappa shape index (κ1) is 17.8. The standard InChI is InChI=1S/C19H21N3OS2/c1-3-10-21(12-15-7-6-11-25-15)19(23)13-22-17-9-5-4-8-16(17)20-18(22)14-24-2/h3-9,11H,1,10,12-14H2,2H3. The summed E-state index contributed by atoms with van der Waals surface area (Å²) in [7, 11) is 0. The number of hydrogen-bond acceptors (Lipinski definition) is 4. The second-order valence-electron chi connectivity index (χ2n) is 5.68. The molecule has 2 heterocycles. The van der Waals surface area contributed by atoms with E-state index in [4.69, 9.17) is 0 Å². The Labute approximate surface area is 156 Å². The van der Waals surface area contributed by atoms with Crippen LogP contribution in [0.4, 0.5) is 0 Å².